The van der Waals surface area contributed by atoms with Crippen LogP contribution in [-0.4, -0.2) is 93.7 Å². The van der Waals surface area contributed by atoms with Gasteiger partial charge in [-0.05, 0) is 85.0 Å². The summed E-state index contributed by atoms with van der Waals surface area (Å²) in [5.41, 5.74) is 6.66. The van der Waals surface area contributed by atoms with Crippen molar-refractivity contribution < 1.29 is 19.7 Å². The molecule has 10 nitrogen and oxygen atoms in total. The SMILES string of the molecule is CC1CC[C@H](N(C)C[C@@H](CN2CCCC2C#N)NC(=O)OC(C)(C)C)C(O)N1[C@@H](C)c1ccc(C(N)O)cc1. The highest BCUT2D eigenvalue weighted by atomic mass is 16.6. The van der Waals surface area contributed by atoms with E-state index in [0.717, 1.165) is 37.8 Å². The van der Waals surface area contributed by atoms with Crippen molar-refractivity contribution in [2.45, 2.75) is 109 Å². The van der Waals surface area contributed by atoms with Crippen molar-refractivity contribution in [1.82, 2.24) is 20.0 Å². The maximum atomic E-state index is 12.7. The molecule has 2 heterocycles. The lowest BCUT2D eigenvalue weighted by Gasteiger charge is -2.48. The number of nitrogens with two attached hydrogens (primary N) is 1. The number of amides is 1. The monoisotopic (exact) mass is 544 g/mol. The number of carbonyl (C=O) groups is 1. The van der Waals surface area contributed by atoms with E-state index in [0.29, 0.717) is 18.7 Å². The Morgan fingerprint density at radius 3 is 2.49 bits per heavy atom. The van der Waals surface area contributed by atoms with Crippen LogP contribution in [0.1, 0.15) is 83.7 Å². The highest BCUT2D eigenvalue weighted by Crippen LogP contribution is 2.33. The first kappa shape index (κ1) is 31.3. The Bertz CT molecular complexity index is 975. The molecule has 2 aliphatic heterocycles. The second-order valence-electron chi connectivity index (χ2n) is 12.2. The van der Waals surface area contributed by atoms with Gasteiger partial charge < -0.3 is 26.0 Å². The normalized spacial score (nSPS) is 27.1. The summed E-state index contributed by atoms with van der Waals surface area (Å²) in [6.45, 7) is 11.6. The van der Waals surface area contributed by atoms with Gasteiger partial charge in [-0.3, -0.25) is 14.7 Å². The molecule has 0 aromatic heterocycles. The van der Waals surface area contributed by atoms with Crippen LogP contribution in [0.5, 0.6) is 0 Å². The third-order valence-electron chi connectivity index (χ3n) is 8.01. The molecule has 2 fully saturated rings. The summed E-state index contributed by atoms with van der Waals surface area (Å²) in [5.74, 6) is 0. The Morgan fingerprint density at radius 1 is 1.26 bits per heavy atom. The number of hydrogen-bond acceptors (Lipinski definition) is 9. The summed E-state index contributed by atoms with van der Waals surface area (Å²) in [4.78, 5) is 19.1. The molecule has 7 atom stereocenters. The number of alkyl carbamates (subject to hydrolysis) is 1. The number of carbonyl (C=O) groups excluding carboxylic acids is 1. The van der Waals surface area contributed by atoms with E-state index in [9.17, 15) is 20.3 Å². The summed E-state index contributed by atoms with van der Waals surface area (Å²) in [6.07, 6.45) is 1.33. The van der Waals surface area contributed by atoms with Gasteiger partial charge in [0.15, 0.2) is 0 Å². The summed E-state index contributed by atoms with van der Waals surface area (Å²) in [7, 11) is 1.99. The van der Waals surface area contributed by atoms with E-state index >= 15 is 0 Å². The van der Waals surface area contributed by atoms with Gasteiger partial charge in [0.2, 0.25) is 0 Å². The van der Waals surface area contributed by atoms with Crippen molar-refractivity contribution in [3.63, 3.8) is 0 Å². The lowest BCUT2D eigenvalue weighted by Crippen LogP contribution is -2.60. The molecule has 0 saturated carbocycles. The molecule has 4 unspecified atom stereocenters. The van der Waals surface area contributed by atoms with Crippen LogP contribution >= 0.6 is 0 Å². The Morgan fingerprint density at radius 2 is 1.90 bits per heavy atom. The molecule has 0 spiro atoms. The molecule has 39 heavy (non-hydrogen) atoms. The average Bonchev–Trinajstić information content (AvgIpc) is 3.29. The fraction of sp³-hybridized carbons (Fsp3) is 0.724. The molecule has 3 rings (SSSR count). The van der Waals surface area contributed by atoms with Crippen LogP contribution in [0.25, 0.3) is 0 Å². The van der Waals surface area contributed by atoms with Crippen LogP contribution in [0.15, 0.2) is 24.3 Å². The minimum absolute atomic E-state index is 0.0492. The zero-order valence-corrected chi connectivity index (χ0v) is 24.4. The van der Waals surface area contributed by atoms with Gasteiger partial charge in [0.1, 0.15) is 18.1 Å². The molecule has 5 N–H and O–H groups in total. The number of nitriles is 1. The molecule has 218 valence electrons. The number of aliphatic hydroxyl groups is 2. The maximum absolute atomic E-state index is 12.7. The van der Waals surface area contributed by atoms with Gasteiger partial charge in [0, 0.05) is 31.2 Å². The quantitative estimate of drug-likeness (QED) is 0.346. The number of nitrogens with zero attached hydrogens (tertiary/aromatic N) is 4. The third-order valence-corrected chi connectivity index (χ3v) is 8.01. The summed E-state index contributed by atoms with van der Waals surface area (Å²) < 4.78 is 5.54. The van der Waals surface area contributed by atoms with Crippen molar-refractivity contribution in [2.75, 3.05) is 26.7 Å². The number of hydrogen-bond donors (Lipinski definition) is 4. The smallest absolute Gasteiger partial charge is 0.407 e. The molecule has 2 saturated heterocycles. The van der Waals surface area contributed by atoms with Crippen molar-refractivity contribution in [3.8, 4) is 6.07 Å². The number of aliphatic hydroxyl groups excluding tert-OH is 2. The molecule has 1 aromatic carbocycles. The van der Waals surface area contributed by atoms with Crippen LogP contribution in [0.3, 0.4) is 0 Å². The van der Waals surface area contributed by atoms with Crippen LogP contribution in [-0.2, 0) is 4.74 Å². The van der Waals surface area contributed by atoms with Crippen LogP contribution in [0.2, 0.25) is 0 Å². The molecule has 10 heteroatoms. The third kappa shape index (κ3) is 8.37. The van der Waals surface area contributed by atoms with Crippen LogP contribution in [0.4, 0.5) is 4.79 Å². The van der Waals surface area contributed by atoms with Gasteiger partial charge in [-0.15, -0.1) is 0 Å². The number of ether oxygens (including phenoxy) is 1. The minimum atomic E-state index is -1.02. The van der Waals surface area contributed by atoms with Crippen LogP contribution in [0, 0.1) is 11.3 Å². The largest absolute Gasteiger partial charge is 0.444 e. The molecule has 0 bridgehead atoms. The van der Waals surface area contributed by atoms with Gasteiger partial charge >= 0.3 is 6.09 Å². The Kier molecular flexibility index (Phi) is 10.7. The number of piperidine rings is 1. The van der Waals surface area contributed by atoms with Crippen molar-refractivity contribution in [3.05, 3.63) is 35.4 Å². The van der Waals surface area contributed by atoms with Gasteiger partial charge in [0.25, 0.3) is 0 Å². The first-order valence-electron chi connectivity index (χ1n) is 14.1. The second kappa shape index (κ2) is 13.4. The van der Waals surface area contributed by atoms with Crippen LogP contribution < -0.4 is 11.1 Å². The highest BCUT2D eigenvalue weighted by Gasteiger charge is 2.40. The van der Waals surface area contributed by atoms with E-state index in [1.54, 1.807) is 0 Å². The van der Waals surface area contributed by atoms with Gasteiger partial charge in [-0.1, -0.05) is 24.3 Å². The molecule has 0 radical (unpaired) electrons. The zero-order chi connectivity index (χ0) is 28.9. The van der Waals surface area contributed by atoms with Gasteiger partial charge in [-0.2, -0.15) is 5.26 Å². The van der Waals surface area contributed by atoms with E-state index in [1.165, 1.54) is 0 Å². The predicted octanol–water partition coefficient (Wildman–Crippen LogP) is 2.68. The van der Waals surface area contributed by atoms with E-state index in [-0.39, 0.29) is 30.2 Å². The summed E-state index contributed by atoms with van der Waals surface area (Å²) in [6, 6.07) is 9.49. The Balaban J connectivity index is 1.73. The lowest BCUT2D eigenvalue weighted by molar-refractivity contribution is -0.121. The first-order valence-corrected chi connectivity index (χ1v) is 14.1. The topological polar surface area (TPSA) is 138 Å². The summed E-state index contributed by atoms with van der Waals surface area (Å²) in [5, 5.41) is 33.9. The van der Waals surface area contributed by atoms with E-state index in [2.05, 4.69) is 39.9 Å². The number of nitrogens with one attached hydrogen (secondary N) is 1. The number of rotatable bonds is 9. The molecular formula is C29H48N6O4. The predicted molar refractivity (Wildman–Crippen MR) is 150 cm³/mol. The number of likely N-dealkylation sites (N-methyl/N-ethyl adjacent to an activating group) is 1. The second-order valence-corrected chi connectivity index (χ2v) is 12.2. The van der Waals surface area contributed by atoms with E-state index in [1.807, 2.05) is 52.1 Å². The van der Waals surface area contributed by atoms with Gasteiger partial charge in [0.05, 0.1) is 18.2 Å². The lowest BCUT2D eigenvalue weighted by atomic mass is 9.92. The Hall–Kier alpha value is -2.26. The molecule has 1 aromatic rings. The molecular weight excluding hydrogens is 496 g/mol. The molecule has 1 amide bonds. The fourth-order valence-corrected chi connectivity index (χ4v) is 5.95. The van der Waals surface area contributed by atoms with Crippen molar-refractivity contribution in [1.29, 1.82) is 5.26 Å². The first-order chi connectivity index (χ1) is 18.3. The molecule has 2 aliphatic rings. The Labute approximate surface area is 233 Å². The van der Waals surface area contributed by atoms with Crippen molar-refractivity contribution in [2.24, 2.45) is 5.73 Å². The van der Waals surface area contributed by atoms with E-state index < -0.39 is 24.2 Å². The van der Waals surface area contributed by atoms with E-state index in [4.69, 9.17) is 10.5 Å². The minimum Gasteiger partial charge on any atom is -0.444 e. The zero-order valence-electron chi connectivity index (χ0n) is 24.4. The van der Waals surface area contributed by atoms with Crippen molar-refractivity contribution >= 4 is 6.09 Å². The number of likely N-dealkylation sites (tertiary alicyclic amines) is 2. The van der Waals surface area contributed by atoms with Gasteiger partial charge in [-0.25, -0.2) is 4.79 Å². The highest BCUT2D eigenvalue weighted by molar-refractivity contribution is 5.68. The number of benzene rings is 1. The average molecular weight is 545 g/mol. The fourth-order valence-electron chi connectivity index (χ4n) is 5.95. The maximum Gasteiger partial charge on any atom is 0.407 e. The standard InChI is InChI=1S/C29H48N6O4/c1-19-9-14-25(27(37)35(19)20(2)21-10-12-22(13-11-21)26(31)36)33(6)17-23(32-28(38)39-29(3,4)5)18-34-15-7-8-24(34)16-30/h10-13,19-20,23-27,36-37H,7-9,14-15,17-18,31H2,1-6H3,(H,32,38)/t19?,20-,23-,24?,25-,26?,27?/m0/s1. The molecule has 0 aliphatic carbocycles. The summed E-state index contributed by atoms with van der Waals surface area (Å²) >= 11 is 0.